The first-order chi connectivity index (χ1) is 12.5. The molecule has 1 aromatic heterocycles. The molecule has 0 radical (unpaired) electrons. The number of Topliss-reactive ketones (excluding diaryl/α,β-unsaturated/α-hetero) is 1. The van der Waals surface area contributed by atoms with Crippen molar-refractivity contribution in [2.45, 2.75) is 32.0 Å². The highest BCUT2D eigenvalue weighted by molar-refractivity contribution is 5.99. The number of carbonyl (C=O) groups excluding carboxylic acids is 1. The van der Waals surface area contributed by atoms with Gasteiger partial charge in [0, 0.05) is 54.5 Å². The van der Waals surface area contributed by atoms with Crippen LogP contribution in [-0.2, 0) is 11.2 Å². The lowest BCUT2D eigenvalue weighted by Gasteiger charge is -2.39. The van der Waals surface area contributed by atoms with Gasteiger partial charge in [-0.15, -0.1) is 0 Å². The normalized spacial score (nSPS) is 24.8. The summed E-state index contributed by atoms with van der Waals surface area (Å²) in [5.74, 6) is -0.858. The summed E-state index contributed by atoms with van der Waals surface area (Å²) in [7, 11) is 2.05. The minimum atomic E-state index is -1.18. The van der Waals surface area contributed by atoms with E-state index in [9.17, 15) is 14.3 Å². The van der Waals surface area contributed by atoms with Gasteiger partial charge in [-0.1, -0.05) is 18.2 Å². The van der Waals surface area contributed by atoms with E-state index >= 15 is 0 Å². The first-order valence-corrected chi connectivity index (χ1v) is 9.28. The number of alkyl halides is 1. The van der Waals surface area contributed by atoms with Crippen LogP contribution < -0.4 is 0 Å². The molecule has 2 aromatic rings. The molecule has 2 N–H and O–H groups in total. The first-order valence-electron chi connectivity index (χ1n) is 9.28. The van der Waals surface area contributed by atoms with E-state index < -0.39 is 12.1 Å². The summed E-state index contributed by atoms with van der Waals surface area (Å²) >= 11 is 0. The maximum Gasteiger partial charge on any atom is 0.141 e. The quantitative estimate of drug-likeness (QED) is 0.866. The van der Waals surface area contributed by atoms with Gasteiger partial charge in [0.05, 0.1) is 0 Å². The van der Waals surface area contributed by atoms with Crippen molar-refractivity contribution in [3.8, 4) is 0 Å². The predicted octanol–water partition coefficient (Wildman–Crippen LogP) is 2.96. The van der Waals surface area contributed by atoms with Crippen molar-refractivity contribution in [3.05, 3.63) is 41.6 Å². The summed E-state index contributed by atoms with van der Waals surface area (Å²) in [6.45, 7) is 1.75. The van der Waals surface area contributed by atoms with Gasteiger partial charge in [0.1, 0.15) is 12.0 Å². The van der Waals surface area contributed by atoms with Crippen LogP contribution in [0, 0.1) is 11.8 Å². The van der Waals surface area contributed by atoms with Crippen molar-refractivity contribution in [3.63, 3.8) is 0 Å². The number of halogens is 1. The number of nitrogens with zero attached hydrogens (tertiary/aromatic N) is 1. The number of hydrogen-bond acceptors (Lipinski definition) is 3. The fraction of sp³-hybridized carbons (Fsp3) is 0.476. The Labute approximate surface area is 152 Å². The van der Waals surface area contributed by atoms with Crippen LogP contribution in [0.3, 0.4) is 0 Å². The Hall–Kier alpha value is -1.98. The van der Waals surface area contributed by atoms with E-state index in [0.29, 0.717) is 6.54 Å². The molecule has 0 fully saturated rings. The number of benzene rings is 1. The van der Waals surface area contributed by atoms with Gasteiger partial charge in [-0.3, -0.25) is 9.69 Å². The lowest BCUT2D eigenvalue weighted by atomic mass is 9.78. The molecular formula is C21H25FN2O2. The molecule has 26 heavy (non-hydrogen) atoms. The third-order valence-corrected chi connectivity index (χ3v) is 6.03. The van der Waals surface area contributed by atoms with Gasteiger partial charge in [0.2, 0.25) is 0 Å². The number of hydrogen-bond donors (Lipinski definition) is 2. The van der Waals surface area contributed by atoms with E-state index in [1.54, 1.807) is 0 Å². The molecule has 1 aliphatic heterocycles. The molecule has 2 heterocycles. The van der Waals surface area contributed by atoms with Crippen LogP contribution in [-0.4, -0.2) is 53.2 Å². The van der Waals surface area contributed by atoms with E-state index in [1.807, 2.05) is 6.07 Å². The Balaban J connectivity index is 1.69. The number of rotatable bonds is 5. The fourth-order valence-corrected chi connectivity index (χ4v) is 4.43. The maximum atomic E-state index is 13.6. The highest BCUT2D eigenvalue weighted by Crippen LogP contribution is 2.41. The van der Waals surface area contributed by atoms with Gasteiger partial charge in [-0.25, -0.2) is 4.39 Å². The summed E-state index contributed by atoms with van der Waals surface area (Å²) in [5, 5.41) is 10.6. The molecule has 0 saturated heterocycles. The predicted molar refractivity (Wildman–Crippen MR) is 101 cm³/mol. The first kappa shape index (κ1) is 17.4. The molecule has 4 rings (SSSR count). The number of H-pyrrole nitrogens is 1. The molecule has 0 bridgehead atoms. The van der Waals surface area contributed by atoms with E-state index in [4.69, 9.17) is 0 Å². The van der Waals surface area contributed by atoms with Crippen LogP contribution in [0.25, 0.3) is 16.5 Å². The van der Waals surface area contributed by atoms with Crippen molar-refractivity contribution < 1.29 is 14.3 Å². The van der Waals surface area contributed by atoms with Crippen molar-refractivity contribution in [1.29, 1.82) is 0 Å². The highest BCUT2D eigenvalue weighted by atomic mass is 19.1. The Morgan fingerprint density at radius 3 is 3.00 bits per heavy atom. The molecule has 4 nitrogen and oxygen atoms in total. The molecule has 1 aliphatic carbocycles. The number of aromatic nitrogens is 1. The van der Waals surface area contributed by atoms with Gasteiger partial charge in [0.25, 0.3) is 0 Å². The molecule has 4 unspecified atom stereocenters. The van der Waals surface area contributed by atoms with Crippen LogP contribution in [0.5, 0.6) is 0 Å². The zero-order chi connectivity index (χ0) is 18.4. The number of aliphatic hydroxyl groups is 1. The zero-order valence-electron chi connectivity index (χ0n) is 15.2. The second-order valence-corrected chi connectivity index (χ2v) is 7.72. The molecule has 2 aliphatic rings. The summed E-state index contributed by atoms with van der Waals surface area (Å²) in [5.41, 5.74) is 4.83. The average molecular weight is 356 g/mol. The second kappa shape index (κ2) is 6.63. The van der Waals surface area contributed by atoms with Crippen LogP contribution >= 0.6 is 0 Å². The number of fused-ring (bicyclic) bond motifs is 2. The minimum Gasteiger partial charge on any atom is -0.396 e. The number of nitrogens with one attached hydrogen (secondary N) is 1. The third kappa shape index (κ3) is 2.79. The molecule has 0 spiro atoms. The van der Waals surface area contributed by atoms with E-state index in [1.165, 1.54) is 29.0 Å². The highest BCUT2D eigenvalue weighted by Gasteiger charge is 2.36. The largest absolute Gasteiger partial charge is 0.396 e. The van der Waals surface area contributed by atoms with Gasteiger partial charge < -0.3 is 10.1 Å². The zero-order valence-corrected chi connectivity index (χ0v) is 15.2. The molecule has 0 saturated carbocycles. The van der Waals surface area contributed by atoms with Crippen LogP contribution in [0.1, 0.15) is 24.5 Å². The Bertz CT molecular complexity index is 870. The number of aromatic amines is 1. The minimum absolute atomic E-state index is 0.0124. The molecular weight excluding hydrogens is 331 g/mol. The molecule has 5 heteroatoms. The van der Waals surface area contributed by atoms with Crippen LogP contribution in [0.2, 0.25) is 0 Å². The summed E-state index contributed by atoms with van der Waals surface area (Å²) in [6, 6.07) is 6.51. The Morgan fingerprint density at radius 2 is 2.27 bits per heavy atom. The Kier molecular flexibility index (Phi) is 4.45. The lowest BCUT2D eigenvalue weighted by molar-refractivity contribution is -0.124. The average Bonchev–Trinajstić information content (AvgIpc) is 3.04. The van der Waals surface area contributed by atoms with Gasteiger partial charge in [0.15, 0.2) is 0 Å². The fourth-order valence-electron chi connectivity index (χ4n) is 4.43. The summed E-state index contributed by atoms with van der Waals surface area (Å²) in [6.07, 6.45) is 4.01. The maximum absolute atomic E-state index is 13.6. The summed E-state index contributed by atoms with van der Waals surface area (Å²) in [4.78, 5) is 18.4. The molecule has 1 aromatic carbocycles. The van der Waals surface area contributed by atoms with Crippen molar-refractivity contribution >= 4 is 22.3 Å². The summed E-state index contributed by atoms with van der Waals surface area (Å²) < 4.78 is 13.6. The lowest BCUT2D eigenvalue weighted by Crippen LogP contribution is -2.44. The van der Waals surface area contributed by atoms with E-state index in [0.717, 1.165) is 11.9 Å². The van der Waals surface area contributed by atoms with Gasteiger partial charge in [-0.05, 0) is 43.2 Å². The van der Waals surface area contributed by atoms with Crippen LogP contribution in [0.15, 0.2) is 30.5 Å². The number of aliphatic hydroxyl groups excluding tert-OH is 1. The number of ketones is 1. The van der Waals surface area contributed by atoms with Crippen LogP contribution in [0.4, 0.5) is 4.39 Å². The second-order valence-electron chi connectivity index (χ2n) is 7.72. The standard InChI is InChI=1S/C21H25FN2O2/c1-12(22)15(11-25)8-20(26)14-6-17-16-4-3-5-18-21(16)13(9-23-18)7-19(17)24(2)10-14/h3-6,9,12,14-15,19,23,25H,7-8,10-11H2,1-2H3. The monoisotopic (exact) mass is 356 g/mol. The van der Waals surface area contributed by atoms with Gasteiger partial charge >= 0.3 is 0 Å². The van der Waals surface area contributed by atoms with E-state index in [-0.39, 0.29) is 30.8 Å². The SMILES string of the molecule is CC(F)C(CO)CC(=O)C1C=C2c3cccc4[nH]cc(c34)CC2N(C)C1. The van der Waals surface area contributed by atoms with Crippen molar-refractivity contribution in [2.24, 2.45) is 11.8 Å². The van der Waals surface area contributed by atoms with E-state index in [2.05, 4.69) is 41.3 Å². The van der Waals surface area contributed by atoms with Crippen molar-refractivity contribution in [1.82, 2.24) is 9.88 Å². The smallest absolute Gasteiger partial charge is 0.141 e. The topological polar surface area (TPSA) is 56.3 Å². The number of carbonyl (C=O) groups is 1. The molecule has 138 valence electrons. The van der Waals surface area contributed by atoms with Gasteiger partial charge in [-0.2, -0.15) is 0 Å². The third-order valence-electron chi connectivity index (χ3n) is 6.03. The molecule has 4 atom stereocenters. The molecule has 0 amide bonds. The Morgan fingerprint density at radius 1 is 1.46 bits per heavy atom. The number of likely N-dealkylation sites (N-methyl/N-ethyl adjacent to an activating group) is 1. The van der Waals surface area contributed by atoms with Crippen molar-refractivity contribution in [2.75, 3.05) is 20.2 Å².